The van der Waals surface area contributed by atoms with Crippen LogP contribution in [0.5, 0.6) is 0 Å². The van der Waals surface area contributed by atoms with Crippen molar-refractivity contribution < 1.29 is 9.53 Å². The first-order valence-electron chi connectivity index (χ1n) is 8.65. The van der Waals surface area contributed by atoms with E-state index in [0.717, 1.165) is 41.1 Å². The molecule has 3 aromatic rings. The van der Waals surface area contributed by atoms with E-state index < -0.39 is 0 Å². The van der Waals surface area contributed by atoms with E-state index in [0.29, 0.717) is 13.2 Å². The molecule has 5 nitrogen and oxygen atoms in total. The lowest BCUT2D eigenvalue weighted by Crippen LogP contribution is -2.28. The molecule has 0 saturated carbocycles. The maximum absolute atomic E-state index is 12.5. The van der Waals surface area contributed by atoms with Gasteiger partial charge in [-0.3, -0.25) is 9.20 Å². The van der Waals surface area contributed by atoms with Crippen LogP contribution in [0.2, 0.25) is 0 Å². The second-order valence-corrected chi connectivity index (χ2v) is 6.43. The molecule has 0 bridgehead atoms. The van der Waals surface area contributed by atoms with E-state index in [9.17, 15) is 4.79 Å². The van der Waals surface area contributed by atoms with Gasteiger partial charge in [-0.05, 0) is 31.9 Å². The van der Waals surface area contributed by atoms with Gasteiger partial charge in [0.25, 0.3) is 0 Å². The zero-order valence-corrected chi connectivity index (χ0v) is 14.2. The predicted molar refractivity (Wildman–Crippen MR) is 97.5 cm³/mol. The highest BCUT2D eigenvalue weighted by Gasteiger charge is 2.22. The SMILES string of the molecule is Cc1nc2ccc(NC(=O)C3CCOCC3)cn2c1-c1ccccc1. The number of hydrogen-bond donors (Lipinski definition) is 1. The van der Waals surface area contributed by atoms with Crippen molar-refractivity contribution in [2.24, 2.45) is 5.92 Å². The smallest absolute Gasteiger partial charge is 0.227 e. The van der Waals surface area contributed by atoms with Gasteiger partial charge < -0.3 is 10.1 Å². The molecule has 5 heteroatoms. The van der Waals surface area contributed by atoms with Crippen molar-refractivity contribution in [2.75, 3.05) is 18.5 Å². The average Bonchev–Trinajstić information content (AvgIpc) is 2.98. The van der Waals surface area contributed by atoms with E-state index >= 15 is 0 Å². The van der Waals surface area contributed by atoms with Crippen molar-refractivity contribution in [3.63, 3.8) is 0 Å². The average molecular weight is 335 g/mol. The van der Waals surface area contributed by atoms with E-state index in [1.165, 1.54) is 0 Å². The number of imidazole rings is 1. The van der Waals surface area contributed by atoms with E-state index in [1.54, 1.807) is 0 Å². The van der Waals surface area contributed by atoms with Gasteiger partial charge in [-0.25, -0.2) is 4.98 Å². The van der Waals surface area contributed by atoms with Crippen molar-refractivity contribution >= 4 is 17.2 Å². The first-order valence-corrected chi connectivity index (χ1v) is 8.65. The molecule has 1 aliphatic rings. The Kier molecular flexibility index (Phi) is 4.24. The van der Waals surface area contributed by atoms with Gasteiger partial charge in [0.2, 0.25) is 5.91 Å². The summed E-state index contributed by atoms with van der Waals surface area (Å²) in [7, 11) is 0. The molecule has 1 aromatic carbocycles. The minimum absolute atomic E-state index is 0.0302. The number of rotatable bonds is 3. The molecule has 0 spiro atoms. The molecule has 0 atom stereocenters. The van der Waals surface area contributed by atoms with E-state index in [-0.39, 0.29) is 11.8 Å². The minimum atomic E-state index is 0.0302. The molecular formula is C20H21N3O2. The summed E-state index contributed by atoms with van der Waals surface area (Å²) in [6.07, 6.45) is 3.52. The number of nitrogens with one attached hydrogen (secondary N) is 1. The fourth-order valence-electron chi connectivity index (χ4n) is 3.38. The summed E-state index contributed by atoms with van der Waals surface area (Å²) >= 11 is 0. The van der Waals surface area contributed by atoms with Crippen LogP contribution in [0.25, 0.3) is 16.9 Å². The van der Waals surface area contributed by atoms with Gasteiger partial charge in [-0.1, -0.05) is 30.3 Å². The third kappa shape index (κ3) is 3.15. The van der Waals surface area contributed by atoms with Crippen LogP contribution >= 0.6 is 0 Å². The van der Waals surface area contributed by atoms with Crippen LogP contribution in [-0.4, -0.2) is 28.5 Å². The van der Waals surface area contributed by atoms with Crippen LogP contribution in [-0.2, 0) is 9.53 Å². The van der Waals surface area contributed by atoms with Crippen molar-refractivity contribution in [3.8, 4) is 11.3 Å². The largest absolute Gasteiger partial charge is 0.381 e. The zero-order chi connectivity index (χ0) is 17.2. The number of carbonyl (C=O) groups is 1. The van der Waals surface area contributed by atoms with Gasteiger partial charge in [0.1, 0.15) is 5.65 Å². The van der Waals surface area contributed by atoms with Gasteiger partial charge in [0.15, 0.2) is 0 Å². The topological polar surface area (TPSA) is 55.6 Å². The fraction of sp³-hybridized carbons (Fsp3) is 0.300. The Morgan fingerprint density at radius 2 is 1.92 bits per heavy atom. The number of carbonyl (C=O) groups excluding carboxylic acids is 1. The van der Waals surface area contributed by atoms with Crippen molar-refractivity contribution in [1.29, 1.82) is 0 Å². The Morgan fingerprint density at radius 3 is 2.68 bits per heavy atom. The Balaban J connectivity index is 1.66. The van der Waals surface area contributed by atoms with Crippen LogP contribution in [0.1, 0.15) is 18.5 Å². The number of benzene rings is 1. The summed E-state index contributed by atoms with van der Waals surface area (Å²) in [6, 6.07) is 14.0. The molecule has 25 heavy (non-hydrogen) atoms. The highest BCUT2D eigenvalue weighted by Crippen LogP contribution is 2.26. The Bertz CT molecular complexity index is 896. The molecule has 1 aliphatic heterocycles. The van der Waals surface area contributed by atoms with Crippen LogP contribution in [0.3, 0.4) is 0 Å². The van der Waals surface area contributed by atoms with Crippen molar-refractivity contribution in [3.05, 3.63) is 54.4 Å². The van der Waals surface area contributed by atoms with Gasteiger partial charge in [-0.15, -0.1) is 0 Å². The quantitative estimate of drug-likeness (QED) is 0.794. The minimum Gasteiger partial charge on any atom is -0.381 e. The summed E-state index contributed by atoms with van der Waals surface area (Å²) < 4.78 is 7.38. The molecule has 1 saturated heterocycles. The van der Waals surface area contributed by atoms with E-state index in [1.807, 2.05) is 47.9 Å². The lowest BCUT2D eigenvalue weighted by molar-refractivity contribution is -0.122. The number of amides is 1. The van der Waals surface area contributed by atoms with Gasteiger partial charge in [0.05, 0.1) is 17.1 Å². The molecule has 128 valence electrons. The lowest BCUT2D eigenvalue weighted by Gasteiger charge is -2.21. The van der Waals surface area contributed by atoms with Gasteiger partial charge in [-0.2, -0.15) is 0 Å². The number of pyridine rings is 1. The molecule has 3 heterocycles. The second-order valence-electron chi connectivity index (χ2n) is 6.43. The molecular weight excluding hydrogens is 314 g/mol. The monoisotopic (exact) mass is 335 g/mol. The maximum Gasteiger partial charge on any atom is 0.227 e. The number of fused-ring (bicyclic) bond motifs is 1. The van der Waals surface area contributed by atoms with E-state index in [2.05, 4.69) is 22.4 Å². The van der Waals surface area contributed by atoms with E-state index in [4.69, 9.17) is 4.74 Å². The third-order valence-electron chi connectivity index (χ3n) is 4.70. The molecule has 0 unspecified atom stereocenters. The number of anilines is 1. The summed E-state index contributed by atoms with van der Waals surface area (Å²) in [5.41, 5.74) is 4.80. The summed E-state index contributed by atoms with van der Waals surface area (Å²) in [5.74, 6) is 0.100. The Labute approximate surface area is 146 Å². The lowest BCUT2D eigenvalue weighted by atomic mass is 9.99. The van der Waals surface area contributed by atoms with Crippen LogP contribution < -0.4 is 5.32 Å². The first kappa shape index (κ1) is 15.8. The molecule has 2 aromatic heterocycles. The number of hydrogen-bond acceptors (Lipinski definition) is 3. The summed E-state index contributed by atoms with van der Waals surface area (Å²) in [6.45, 7) is 3.33. The highest BCUT2D eigenvalue weighted by atomic mass is 16.5. The summed E-state index contributed by atoms with van der Waals surface area (Å²) in [5, 5.41) is 3.05. The standard InChI is InChI=1S/C20H21N3O2/c1-14-19(15-5-3-2-4-6-15)23-13-17(7-8-18(23)21-14)22-20(24)16-9-11-25-12-10-16/h2-8,13,16H,9-12H2,1H3,(H,22,24). The van der Waals surface area contributed by atoms with Crippen LogP contribution in [0.15, 0.2) is 48.7 Å². The number of aromatic nitrogens is 2. The third-order valence-corrected chi connectivity index (χ3v) is 4.70. The van der Waals surface area contributed by atoms with Crippen LogP contribution in [0.4, 0.5) is 5.69 Å². The normalized spacial score (nSPS) is 15.4. The zero-order valence-electron chi connectivity index (χ0n) is 14.2. The Hall–Kier alpha value is -2.66. The number of ether oxygens (including phenoxy) is 1. The number of nitrogens with zero attached hydrogens (tertiary/aromatic N) is 2. The second kappa shape index (κ2) is 6.69. The first-order chi connectivity index (χ1) is 12.2. The van der Waals surface area contributed by atoms with Gasteiger partial charge in [0, 0.05) is 30.9 Å². The fourth-order valence-corrected chi connectivity index (χ4v) is 3.38. The Morgan fingerprint density at radius 1 is 1.16 bits per heavy atom. The van der Waals surface area contributed by atoms with Crippen molar-refractivity contribution in [2.45, 2.75) is 19.8 Å². The van der Waals surface area contributed by atoms with Crippen LogP contribution in [0, 0.1) is 12.8 Å². The van der Waals surface area contributed by atoms with Gasteiger partial charge >= 0.3 is 0 Å². The molecule has 1 fully saturated rings. The summed E-state index contributed by atoms with van der Waals surface area (Å²) in [4.78, 5) is 17.1. The number of aryl methyl sites for hydroxylation is 1. The molecule has 0 radical (unpaired) electrons. The van der Waals surface area contributed by atoms with Crippen molar-refractivity contribution in [1.82, 2.24) is 9.38 Å². The molecule has 0 aliphatic carbocycles. The molecule has 1 N–H and O–H groups in total. The molecule has 1 amide bonds. The maximum atomic E-state index is 12.5. The highest BCUT2D eigenvalue weighted by molar-refractivity contribution is 5.92. The molecule has 4 rings (SSSR count). The predicted octanol–water partition coefficient (Wildman–Crippen LogP) is 3.67.